The summed E-state index contributed by atoms with van der Waals surface area (Å²) in [6.45, 7) is 1.77. The molecule has 0 aliphatic heterocycles. The molecular formula is C31H33N3. The van der Waals surface area contributed by atoms with Gasteiger partial charge in [-0.15, -0.1) is 0 Å². The van der Waals surface area contributed by atoms with Gasteiger partial charge in [-0.25, -0.2) is 0 Å². The molecule has 0 aliphatic carbocycles. The normalized spacial score (nSPS) is 11.5. The molecule has 0 radical (unpaired) electrons. The van der Waals surface area contributed by atoms with Crippen molar-refractivity contribution in [3.05, 3.63) is 96.1 Å². The molecule has 4 N–H and O–H groups in total. The Kier molecular flexibility index (Phi) is 6.75. The van der Waals surface area contributed by atoms with Gasteiger partial charge in [0.25, 0.3) is 0 Å². The van der Waals surface area contributed by atoms with Crippen molar-refractivity contribution in [2.24, 2.45) is 5.73 Å². The van der Waals surface area contributed by atoms with Crippen molar-refractivity contribution in [3.63, 3.8) is 0 Å². The summed E-state index contributed by atoms with van der Waals surface area (Å²) in [7, 11) is 2.01. The van der Waals surface area contributed by atoms with Crippen LogP contribution in [0.4, 0.5) is 0 Å². The number of nitrogens with two attached hydrogens (primary N) is 1. The van der Waals surface area contributed by atoms with Gasteiger partial charge in [0.15, 0.2) is 0 Å². The van der Waals surface area contributed by atoms with Crippen LogP contribution < -0.4 is 11.1 Å². The zero-order chi connectivity index (χ0) is 23.3. The van der Waals surface area contributed by atoms with Gasteiger partial charge in [-0.05, 0) is 103 Å². The topological polar surface area (TPSA) is 53.8 Å². The van der Waals surface area contributed by atoms with Crippen molar-refractivity contribution in [1.29, 1.82) is 0 Å². The predicted octanol–water partition coefficient (Wildman–Crippen LogP) is 6.70. The lowest BCUT2D eigenvalue weighted by Crippen LogP contribution is -2.08. The smallest absolute Gasteiger partial charge is 0.0465 e. The number of nitrogens with one attached hydrogen (secondary N) is 2. The molecule has 0 bridgehead atoms. The maximum absolute atomic E-state index is 5.71. The molecule has 0 saturated heterocycles. The number of aromatic nitrogens is 1. The van der Waals surface area contributed by atoms with E-state index in [1.54, 1.807) is 0 Å². The van der Waals surface area contributed by atoms with E-state index in [-0.39, 0.29) is 0 Å². The predicted molar refractivity (Wildman–Crippen MR) is 146 cm³/mol. The van der Waals surface area contributed by atoms with Crippen LogP contribution in [0.2, 0.25) is 0 Å². The number of aryl methyl sites for hydroxylation is 2. The van der Waals surface area contributed by atoms with Crippen molar-refractivity contribution in [2.75, 3.05) is 20.1 Å². The zero-order valence-electron chi connectivity index (χ0n) is 19.9. The molecular weight excluding hydrogens is 414 g/mol. The van der Waals surface area contributed by atoms with Gasteiger partial charge in [-0.1, -0.05) is 60.7 Å². The van der Waals surface area contributed by atoms with E-state index in [1.165, 1.54) is 55.2 Å². The van der Waals surface area contributed by atoms with Crippen LogP contribution in [0.25, 0.3) is 44.1 Å². The number of rotatable bonds is 9. The molecule has 0 unspecified atom stereocenters. The third kappa shape index (κ3) is 4.77. The fourth-order valence-corrected chi connectivity index (χ4v) is 4.84. The molecule has 3 nitrogen and oxygen atoms in total. The van der Waals surface area contributed by atoms with Gasteiger partial charge in [0, 0.05) is 21.8 Å². The van der Waals surface area contributed by atoms with Gasteiger partial charge in [-0.3, -0.25) is 0 Å². The Morgan fingerprint density at radius 1 is 0.647 bits per heavy atom. The Morgan fingerprint density at radius 3 is 1.71 bits per heavy atom. The quantitative estimate of drug-likeness (QED) is 0.220. The molecule has 0 atom stereocenters. The molecule has 0 saturated carbocycles. The minimum absolute atomic E-state index is 0.729. The fraction of sp³-hybridized carbons (Fsp3) is 0.226. The first-order valence-electron chi connectivity index (χ1n) is 12.3. The Labute approximate surface area is 202 Å². The monoisotopic (exact) mass is 447 g/mol. The average Bonchev–Trinajstić information content (AvgIpc) is 3.25. The number of H-pyrrole nitrogens is 1. The molecule has 1 aromatic heterocycles. The van der Waals surface area contributed by atoms with Gasteiger partial charge in [0.05, 0.1) is 0 Å². The summed E-state index contributed by atoms with van der Waals surface area (Å²) in [4.78, 5) is 3.60. The van der Waals surface area contributed by atoms with E-state index in [9.17, 15) is 0 Å². The maximum atomic E-state index is 5.71. The Morgan fingerprint density at radius 2 is 1.18 bits per heavy atom. The molecule has 0 spiro atoms. The van der Waals surface area contributed by atoms with Crippen molar-refractivity contribution < 1.29 is 0 Å². The molecule has 4 aromatic carbocycles. The van der Waals surface area contributed by atoms with E-state index >= 15 is 0 Å². The number of benzene rings is 4. The zero-order valence-corrected chi connectivity index (χ0v) is 19.9. The first-order valence-corrected chi connectivity index (χ1v) is 12.3. The lowest BCUT2D eigenvalue weighted by Gasteiger charge is -2.07. The molecule has 5 aromatic rings. The highest BCUT2D eigenvalue weighted by atomic mass is 14.8. The van der Waals surface area contributed by atoms with E-state index in [2.05, 4.69) is 95.2 Å². The number of aromatic amines is 1. The van der Waals surface area contributed by atoms with Gasteiger partial charge in [0.2, 0.25) is 0 Å². The molecule has 1 heterocycles. The average molecular weight is 448 g/mol. The van der Waals surface area contributed by atoms with Crippen LogP contribution in [0.1, 0.15) is 24.0 Å². The fourth-order valence-electron chi connectivity index (χ4n) is 4.84. The number of hydrogen-bond acceptors (Lipinski definition) is 2. The third-order valence-corrected chi connectivity index (χ3v) is 6.68. The summed E-state index contributed by atoms with van der Waals surface area (Å²) in [5.74, 6) is 0. The summed E-state index contributed by atoms with van der Waals surface area (Å²) in [5.41, 5.74) is 15.9. The maximum Gasteiger partial charge on any atom is 0.0465 e. The van der Waals surface area contributed by atoms with Crippen LogP contribution in [0, 0.1) is 0 Å². The summed E-state index contributed by atoms with van der Waals surface area (Å²) >= 11 is 0. The van der Waals surface area contributed by atoms with Crippen molar-refractivity contribution in [2.45, 2.75) is 25.7 Å². The highest BCUT2D eigenvalue weighted by Gasteiger charge is 2.09. The molecule has 172 valence electrons. The second kappa shape index (κ2) is 10.3. The van der Waals surface area contributed by atoms with Crippen LogP contribution in [-0.2, 0) is 12.8 Å². The minimum atomic E-state index is 0.729. The van der Waals surface area contributed by atoms with Crippen LogP contribution in [0.3, 0.4) is 0 Å². The van der Waals surface area contributed by atoms with Crippen LogP contribution >= 0.6 is 0 Å². The van der Waals surface area contributed by atoms with Crippen LogP contribution in [0.5, 0.6) is 0 Å². The van der Waals surface area contributed by atoms with E-state index in [0.717, 1.165) is 38.8 Å². The van der Waals surface area contributed by atoms with E-state index in [4.69, 9.17) is 5.73 Å². The van der Waals surface area contributed by atoms with E-state index in [0.29, 0.717) is 0 Å². The molecule has 0 amide bonds. The SMILES string of the molecule is CNCCCc1cccc(-c2ccc3[nH]c4ccc(-c5cccc(CCCN)c5)cc4c3c2)c1. The Bertz CT molecular complexity index is 1410. The summed E-state index contributed by atoms with van der Waals surface area (Å²) < 4.78 is 0. The molecule has 3 heteroatoms. The summed E-state index contributed by atoms with van der Waals surface area (Å²) in [6.07, 6.45) is 4.29. The molecule has 34 heavy (non-hydrogen) atoms. The Hall–Kier alpha value is -3.40. The van der Waals surface area contributed by atoms with Crippen molar-refractivity contribution in [3.8, 4) is 22.3 Å². The standard InChI is InChI=1S/C31H33N3/c1-33-17-5-9-23-7-3-11-25(19-23)27-13-15-31-29(21-27)28-20-26(12-14-30(28)34-31)24-10-2-6-22(18-24)8-4-16-32/h2-3,6-7,10-15,18-21,33-34H,4-5,8-9,16-17,32H2,1H3. The van der Waals surface area contributed by atoms with E-state index in [1.807, 2.05) is 7.05 Å². The molecule has 0 aliphatic rings. The van der Waals surface area contributed by atoms with Gasteiger partial charge < -0.3 is 16.0 Å². The second-order valence-electron chi connectivity index (χ2n) is 9.15. The second-order valence-corrected chi connectivity index (χ2v) is 9.15. The van der Waals surface area contributed by atoms with Crippen LogP contribution in [-0.4, -0.2) is 25.1 Å². The van der Waals surface area contributed by atoms with Gasteiger partial charge >= 0.3 is 0 Å². The van der Waals surface area contributed by atoms with Crippen molar-refractivity contribution >= 4 is 21.8 Å². The van der Waals surface area contributed by atoms with Crippen LogP contribution in [0.15, 0.2) is 84.9 Å². The lowest BCUT2D eigenvalue weighted by atomic mass is 9.97. The molecule has 0 fully saturated rings. The Balaban J connectivity index is 1.51. The van der Waals surface area contributed by atoms with Crippen molar-refractivity contribution in [1.82, 2.24) is 10.3 Å². The highest BCUT2D eigenvalue weighted by molar-refractivity contribution is 6.09. The van der Waals surface area contributed by atoms with Gasteiger partial charge in [0.1, 0.15) is 0 Å². The first-order chi connectivity index (χ1) is 16.7. The minimum Gasteiger partial charge on any atom is -0.355 e. The van der Waals surface area contributed by atoms with E-state index < -0.39 is 0 Å². The summed E-state index contributed by atoms with van der Waals surface area (Å²) in [5, 5.41) is 5.78. The third-order valence-electron chi connectivity index (χ3n) is 6.68. The largest absolute Gasteiger partial charge is 0.355 e. The first kappa shape index (κ1) is 22.4. The number of fused-ring (bicyclic) bond motifs is 3. The highest BCUT2D eigenvalue weighted by Crippen LogP contribution is 2.33. The van der Waals surface area contributed by atoms with Gasteiger partial charge in [-0.2, -0.15) is 0 Å². The molecule has 5 rings (SSSR count). The summed E-state index contributed by atoms with van der Waals surface area (Å²) in [6, 6.07) is 31.4. The number of hydrogen-bond donors (Lipinski definition) is 3. The lowest BCUT2D eigenvalue weighted by molar-refractivity contribution is 0.725.